The van der Waals surface area contributed by atoms with Crippen molar-refractivity contribution in [2.45, 2.75) is 26.1 Å². The van der Waals surface area contributed by atoms with Gasteiger partial charge in [-0.05, 0) is 13.0 Å². The molecule has 4 rings (SSSR count). The first-order valence-electron chi connectivity index (χ1n) is 7.44. The van der Waals surface area contributed by atoms with Crippen LogP contribution in [-0.2, 0) is 13.1 Å². The van der Waals surface area contributed by atoms with E-state index in [2.05, 4.69) is 19.6 Å². The lowest BCUT2D eigenvalue weighted by Crippen LogP contribution is -2.41. The van der Waals surface area contributed by atoms with Crippen molar-refractivity contribution < 1.29 is 9.21 Å². The number of carbonyl (C=O) groups excluding carboxylic acids is 1. The molecule has 0 aromatic carbocycles. The number of rotatable bonds is 3. The Morgan fingerprint density at radius 2 is 2.35 bits per heavy atom. The Balaban J connectivity index is 1.59. The molecule has 3 aromatic heterocycles. The Bertz CT molecular complexity index is 805. The van der Waals surface area contributed by atoms with Gasteiger partial charge in [0.05, 0.1) is 36.3 Å². The van der Waals surface area contributed by atoms with Crippen LogP contribution in [0.25, 0.3) is 0 Å². The summed E-state index contributed by atoms with van der Waals surface area (Å²) in [6, 6.07) is 1.60. The van der Waals surface area contributed by atoms with Crippen molar-refractivity contribution in [1.29, 1.82) is 0 Å². The van der Waals surface area contributed by atoms with Gasteiger partial charge in [-0.1, -0.05) is 0 Å². The number of fused-ring (bicyclic) bond motifs is 1. The van der Waals surface area contributed by atoms with Gasteiger partial charge in [0.15, 0.2) is 0 Å². The van der Waals surface area contributed by atoms with Gasteiger partial charge in [-0.15, -0.1) is 0 Å². The SMILES string of the molecule is C[C@H]1c2ncc(Cn3cncn3)n2CCN1C(=O)c1ccoc1. The van der Waals surface area contributed by atoms with Crippen LogP contribution in [0.5, 0.6) is 0 Å². The molecule has 0 unspecified atom stereocenters. The van der Waals surface area contributed by atoms with E-state index < -0.39 is 0 Å². The van der Waals surface area contributed by atoms with Gasteiger partial charge in [-0.2, -0.15) is 5.10 Å². The largest absolute Gasteiger partial charge is 0.472 e. The summed E-state index contributed by atoms with van der Waals surface area (Å²) in [5.74, 6) is 0.863. The molecule has 0 aliphatic carbocycles. The summed E-state index contributed by atoms with van der Waals surface area (Å²) in [5, 5.41) is 4.13. The molecule has 4 heterocycles. The summed E-state index contributed by atoms with van der Waals surface area (Å²) >= 11 is 0. The molecular weight excluding hydrogens is 296 g/mol. The number of imidazole rings is 1. The first-order chi connectivity index (χ1) is 11.2. The standard InChI is InChI=1S/C15H16N6O2/c1-11-14-17-6-13(7-19-10-16-9-18-19)21(14)4-3-20(11)15(22)12-2-5-23-8-12/h2,5-6,8-11H,3-4,7H2,1H3/t11-/m0/s1. The van der Waals surface area contributed by atoms with Gasteiger partial charge in [0.2, 0.25) is 0 Å². The third-order valence-corrected chi connectivity index (χ3v) is 4.19. The molecule has 0 bridgehead atoms. The average molecular weight is 312 g/mol. The molecule has 8 nitrogen and oxygen atoms in total. The second-order valence-electron chi connectivity index (χ2n) is 5.54. The molecule has 23 heavy (non-hydrogen) atoms. The minimum Gasteiger partial charge on any atom is -0.472 e. The lowest BCUT2D eigenvalue weighted by atomic mass is 10.1. The predicted molar refractivity (Wildman–Crippen MR) is 79.5 cm³/mol. The first-order valence-corrected chi connectivity index (χ1v) is 7.44. The summed E-state index contributed by atoms with van der Waals surface area (Å²) in [7, 11) is 0. The van der Waals surface area contributed by atoms with E-state index in [1.165, 1.54) is 18.9 Å². The molecule has 0 fully saturated rings. The third-order valence-electron chi connectivity index (χ3n) is 4.19. The fourth-order valence-corrected chi connectivity index (χ4v) is 3.00. The van der Waals surface area contributed by atoms with E-state index in [-0.39, 0.29) is 11.9 Å². The van der Waals surface area contributed by atoms with Crippen LogP contribution in [0, 0.1) is 0 Å². The highest BCUT2D eigenvalue weighted by molar-refractivity contribution is 5.94. The molecule has 0 spiro atoms. The maximum Gasteiger partial charge on any atom is 0.257 e. The van der Waals surface area contributed by atoms with E-state index >= 15 is 0 Å². The molecule has 3 aromatic rings. The Labute approximate surface area is 132 Å². The van der Waals surface area contributed by atoms with Crippen LogP contribution in [0.1, 0.15) is 34.8 Å². The van der Waals surface area contributed by atoms with Gasteiger partial charge < -0.3 is 13.9 Å². The maximum absolute atomic E-state index is 12.6. The molecule has 1 aliphatic heterocycles. The number of carbonyl (C=O) groups is 1. The van der Waals surface area contributed by atoms with E-state index in [0.717, 1.165) is 11.5 Å². The fourth-order valence-electron chi connectivity index (χ4n) is 3.00. The normalized spacial score (nSPS) is 17.3. The van der Waals surface area contributed by atoms with Crippen LogP contribution >= 0.6 is 0 Å². The Morgan fingerprint density at radius 3 is 3.09 bits per heavy atom. The molecule has 1 aliphatic rings. The number of nitrogens with zero attached hydrogens (tertiary/aromatic N) is 6. The summed E-state index contributed by atoms with van der Waals surface area (Å²) in [6.07, 6.45) is 8.03. The minimum absolute atomic E-state index is 0.0293. The Kier molecular flexibility index (Phi) is 3.22. The highest BCUT2D eigenvalue weighted by Gasteiger charge is 2.31. The molecule has 0 radical (unpaired) electrons. The summed E-state index contributed by atoms with van der Waals surface area (Å²) in [4.78, 5) is 22.8. The summed E-state index contributed by atoms with van der Waals surface area (Å²) in [6.45, 7) is 3.97. The number of hydrogen-bond donors (Lipinski definition) is 0. The number of hydrogen-bond acceptors (Lipinski definition) is 5. The van der Waals surface area contributed by atoms with E-state index in [0.29, 0.717) is 25.2 Å². The molecule has 0 N–H and O–H groups in total. The van der Waals surface area contributed by atoms with Crippen molar-refractivity contribution in [3.8, 4) is 0 Å². The predicted octanol–water partition coefficient (Wildman–Crippen LogP) is 1.33. The molecule has 8 heteroatoms. The smallest absolute Gasteiger partial charge is 0.257 e. The van der Waals surface area contributed by atoms with Gasteiger partial charge in [-0.25, -0.2) is 14.6 Å². The Morgan fingerprint density at radius 1 is 1.43 bits per heavy atom. The monoisotopic (exact) mass is 312 g/mol. The number of furan rings is 1. The van der Waals surface area contributed by atoms with Crippen LogP contribution < -0.4 is 0 Å². The van der Waals surface area contributed by atoms with Crippen molar-refractivity contribution in [3.05, 3.63) is 54.5 Å². The van der Waals surface area contributed by atoms with Crippen molar-refractivity contribution in [3.63, 3.8) is 0 Å². The summed E-state index contributed by atoms with van der Waals surface area (Å²) in [5.41, 5.74) is 1.63. The van der Waals surface area contributed by atoms with Crippen molar-refractivity contribution >= 4 is 5.91 Å². The molecular formula is C15H16N6O2. The maximum atomic E-state index is 12.6. The number of aromatic nitrogens is 5. The van der Waals surface area contributed by atoms with Gasteiger partial charge in [0.1, 0.15) is 24.7 Å². The van der Waals surface area contributed by atoms with Crippen LogP contribution in [0.3, 0.4) is 0 Å². The highest BCUT2D eigenvalue weighted by Crippen LogP contribution is 2.27. The van der Waals surface area contributed by atoms with Crippen molar-refractivity contribution in [2.75, 3.05) is 6.54 Å². The van der Waals surface area contributed by atoms with Gasteiger partial charge in [0, 0.05) is 13.1 Å². The molecule has 1 amide bonds. The zero-order chi connectivity index (χ0) is 15.8. The second kappa shape index (κ2) is 5.38. The Hall–Kier alpha value is -2.90. The molecule has 0 saturated carbocycles. The molecule has 0 saturated heterocycles. The number of amides is 1. The quantitative estimate of drug-likeness (QED) is 0.729. The van der Waals surface area contributed by atoms with E-state index in [1.54, 1.807) is 17.1 Å². The van der Waals surface area contributed by atoms with E-state index in [9.17, 15) is 4.79 Å². The third kappa shape index (κ3) is 2.32. The second-order valence-corrected chi connectivity index (χ2v) is 5.54. The van der Waals surface area contributed by atoms with Gasteiger partial charge in [-0.3, -0.25) is 4.79 Å². The van der Waals surface area contributed by atoms with Crippen molar-refractivity contribution in [2.24, 2.45) is 0 Å². The van der Waals surface area contributed by atoms with Gasteiger partial charge in [0.25, 0.3) is 5.91 Å². The van der Waals surface area contributed by atoms with Crippen LogP contribution in [-0.4, -0.2) is 41.7 Å². The topological polar surface area (TPSA) is 82.0 Å². The molecule has 118 valence electrons. The first kappa shape index (κ1) is 13.7. The lowest BCUT2D eigenvalue weighted by Gasteiger charge is -2.34. The molecule has 1 atom stereocenters. The zero-order valence-electron chi connectivity index (χ0n) is 12.7. The zero-order valence-corrected chi connectivity index (χ0v) is 12.7. The van der Waals surface area contributed by atoms with Crippen LogP contribution in [0.2, 0.25) is 0 Å². The van der Waals surface area contributed by atoms with Crippen LogP contribution in [0.15, 0.2) is 41.9 Å². The van der Waals surface area contributed by atoms with E-state index in [4.69, 9.17) is 4.42 Å². The van der Waals surface area contributed by atoms with Crippen molar-refractivity contribution in [1.82, 2.24) is 29.2 Å². The lowest BCUT2D eigenvalue weighted by molar-refractivity contribution is 0.0635. The highest BCUT2D eigenvalue weighted by atomic mass is 16.3. The van der Waals surface area contributed by atoms with Crippen LogP contribution in [0.4, 0.5) is 0 Å². The fraction of sp³-hybridized carbons (Fsp3) is 0.333. The minimum atomic E-state index is -0.0874. The van der Waals surface area contributed by atoms with E-state index in [1.807, 2.05) is 18.0 Å². The average Bonchev–Trinajstić information content (AvgIpc) is 3.30. The van der Waals surface area contributed by atoms with Gasteiger partial charge >= 0.3 is 0 Å². The summed E-state index contributed by atoms with van der Waals surface area (Å²) < 4.78 is 8.93.